The number of hydrogen-bond acceptors (Lipinski definition) is 5. The molecule has 1 N–H and O–H groups in total. The van der Waals surface area contributed by atoms with Gasteiger partial charge >= 0.3 is 0 Å². The zero-order valence-electron chi connectivity index (χ0n) is 6.05. The van der Waals surface area contributed by atoms with Gasteiger partial charge in [-0.05, 0) is 6.07 Å². The highest BCUT2D eigenvalue weighted by Crippen LogP contribution is 2.08. The van der Waals surface area contributed by atoms with Crippen molar-refractivity contribution in [1.82, 2.24) is 19.8 Å². The molecule has 2 rings (SSSR count). The van der Waals surface area contributed by atoms with Gasteiger partial charge in [0.1, 0.15) is 0 Å². The van der Waals surface area contributed by atoms with Gasteiger partial charge in [-0.1, -0.05) is 5.21 Å². The third-order valence-electron chi connectivity index (χ3n) is 1.49. The van der Waals surface area contributed by atoms with E-state index in [0.29, 0.717) is 16.4 Å². The fraction of sp³-hybridized carbons (Fsp3) is 0.167. The van der Waals surface area contributed by atoms with Gasteiger partial charge in [-0.15, -0.1) is 17.7 Å². The van der Waals surface area contributed by atoms with Crippen LogP contribution in [0.4, 0.5) is 0 Å². The van der Waals surface area contributed by atoms with Crippen LogP contribution in [-0.4, -0.2) is 24.9 Å². The predicted molar refractivity (Wildman–Crippen MR) is 44.0 cm³/mol. The average molecular weight is 182 g/mol. The lowest BCUT2D eigenvalue weighted by Crippen LogP contribution is -2.00. The van der Waals surface area contributed by atoms with Gasteiger partial charge in [0.15, 0.2) is 5.65 Å². The quantitative estimate of drug-likeness (QED) is 0.477. The summed E-state index contributed by atoms with van der Waals surface area (Å²) in [5, 5.41) is 16.9. The van der Waals surface area contributed by atoms with Crippen LogP contribution in [0.3, 0.4) is 0 Å². The zero-order valence-corrected chi connectivity index (χ0v) is 6.94. The molecule has 2 aromatic heterocycles. The molecule has 0 saturated carbocycles. The van der Waals surface area contributed by atoms with E-state index in [0.717, 1.165) is 0 Å². The molecular formula is C6H6N4OS. The molecule has 5 nitrogen and oxygen atoms in total. The molecule has 0 saturated heterocycles. The van der Waals surface area contributed by atoms with Gasteiger partial charge in [0.2, 0.25) is 0 Å². The van der Waals surface area contributed by atoms with Crippen LogP contribution in [0.25, 0.3) is 5.65 Å². The Labute approximate surface area is 73.5 Å². The number of aliphatic hydroxyl groups is 1. The first-order chi connectivity index (χ1) is 5.81. The first-order valence-electron chi connectivity index (χ1n) is 3.31. The fourth-order valence-electron chi connectivity index (χ4n) is 0.983. The number of rotatable bonds is 1. The van der Waals surface area contributed by atoms with E-state index in [1.807, 2.05) is 0 Å². The molecule has 0 atom stereocenters. The van der Waals surface area contributed by atoms with Crippen molar-refractivity contribution in [3.63, 3.8) is 0 Å². The summed E-state index contributed by atoms with van der Waals surface area (Å²) in [5.41, 5.74) is 1.22. The summed E-state index contributed by atoms with van der Waals surface area (Å²) >= 11 is 4.07. The normalized spacial score (nSPS) is 10.8. The maximum absolute atomic E-state index is 8.93. The number of fused-ring (bicyclic) bond motifs is 1. The molecule has 62 valence electrons. The van der Waals surface area contributed by atoms with Crippen molar-refractivity contribution in [3.05, 3.63) is 18.0 Å². The molecule has 0 aliphatic carbocycles. The Hall–Kier alpha value is -1.14. The molecule has 0 amide bonds. The number of aromatic nitrogens is 4. The van der Waals surface area contributed by atoms with Crippen molar-refractivity contribution in [2.75, 3.05) is 0 Å². The van der Waals surface area contributed by atoms with Crippen LogP contribution in [0.5, 0.6) is 0 Å². The van der Waals surface area contributed by atoms with E-state index in [-0.39, 0.29) is 6.61 Å². The number of thiol groups is 1. The minimum atomic E-state index is -0.101. The molecule has 2 aromatic rings. The van der Waals surface area contributed by atoms with E-state index in [9.17, 15) is 0 Å². The van der Waals surface area contributed by atoms with Crippen molar-refractivity contribution in [2.24, 2.45) is 0 Å². The topological polar surface area (TPSA) is 63.3 Å². The van der Waals surface area contributed by atoms with E-state index < -0.39 is 0 Å². The Morgan fingerprint density at radius 1 is 1.58 bits per heavy atom. The van der Waals surface area contributed by atoms with Gasteiger partial charge in [0.05, 0.1) is 23.5 Å². The summed E-state index contributed by atoms with van der Waals surface area (Å²) in [4.78, 5) is 4.04. The highest BCUT2D eigenvalue weighted by molar-refractivity contribution is 7.80. The highest BCUT2D eigenvalue weighted by atomic mass is 32.1. The Morgan fingerprint density at radius 2 is 2.42 bits per heavy atom. The lowest BCUT2D eigenvalue weighted by atomic mass is 10.4. The first-order valence-corrected chi connectivity index (χ1v) is 3.76. The van der Waals surface area contributed by atoms with E-state index in [1.54, 1.807) is 6.07 Å². The van der Waals surface area contributed by atoms with Gasteiger partial charge < -0.3 is 5.11 Å². The van der Waals surface area contributed by atoms with Crippen LogP contribution < -0.4 is 0 Å². The molecule has 0 aliphatic rings. The van der Waals surface area contributed by atoms with Gasteiger partial charge in [0.25, 0.3) is 0 Å². The molecule has 12 heavy (non-hydrogen) atoms. The molecule has 0 aromatic carbocycles. The Morgan fingerprint density at radius 3 is 3.17 bits per heavy atom. The maximum atomic E-state index is 8.93. The lowest BCUT2D eigenvalue weighted by molar-refractivity contribution is 0.272. The molecule has 0 spiro atoms. The number of hydrogen-bond donors (Lipinski definition) is 2. The summed E-state index contributed by atoms with van der Waals surface area (Å²) in [7, 11) is 0. The summed E-state index contributed by atoms with van der Waals surface area (Å²) < 4.78 is 1.47. The second kappa shape index (κ2) is 2.72. The molecule has 0 fully saturated rings. The summed E-state index contributed by atoms with van der Waals surface area (Å²) in [6.07, 6.45) is 1.51. The third-order valence-corrected chi connectivity index (χ3v) is 1.72. The smallest absolute Gasteiger partial charge is 0.176 e. The van der Waals surface area contributed by atoms with Gasteiger partial charge in [-0.2, -0.15) is 4.52 Å². The zero-order chi connectivity index (χ0) is 8.55. The predicted octanol–water partition coefficient (Wildman–Crippen LogP) is -0.0947. The van der Waals surface area contributed by atoms with E-state index >= 15 is 0 Å². The Balaban J connectivity index is 2.80. The van der Waals surface area contributed by atoms with Crippen molar-refractivity contribution < 1.29 is 5.11 Å². The van der Waals surface area contributed by atoms with Crippen molar-refractivity contribution in [3.8, 4) is 0 Å². The minimum absolute atomic E-state index is 0.101. The molecule has 6 heteroatoms. The average Bonchev–Trinajstić information content (AvgIpc) is 2.50. The van der Waals surface area contributed by atoms with Crippen LogP contribution in [0.2, 0.25) is 0 Å². The third kappa shape index (κ3) is 1.05. The van der Waals surface area contributed by atoms with Crippen LogP contribution in [0.1, 0.15) is 5.69 Å². The van der Waals surface area contributed by atoms with Crippen molar-refractivity contribution in [2.45, 2.75) is 11.6 Å². The summed E-state index contributed by atoms with van der Waals surface area (Å²) in [6.45, 7) is -0.101. The van der Waals surface area contributed by atoms with Gasteiger partial charge in [-0.25, -0.2) is 4.98 Å². The van der Waals surface area contributed by atoms with E-state index in [2.05, 4.69) is 27.9 Å². The van der Waals surface area contributed by atoms with E-state index in [1.165, 1.54) is 10.7 Å². The highest BCUT2D eigenvalue weighted by Gasteiger charge is 2.03. The summed E-state index contributed by atoms with van der Waals surface area (Å²) in [6, 6.07) is 1.64. The Bertz CT molecular complexity index is 413. The standard InChI is InChI=1S/C6H6N4OS/c11-3-4-1-6(12)8-5-2-7-9-10(4)5/h1-2,11H,3H2,(H,8,12). The van der Waals surface area contributed by atoms with Crippen molar-refractivity contribution in [1.29, 1.82) is 0 Å². The maximum Gasteiger partial charge on any atom is 0.176 e. The van der Waals surface area contributed by atoms with Gasteiger partial charge in [-0.3, -0.25) is 0 Å². The molecule has 0 unspecified atom stereocenters. The largest absolute Gasteiger partial charge is 0.390 e. The van der Waals surface area contributed by atoms with Crippen LogP contribution in [0, 0.1) is 0 Å². The molecular weight excluding hydrogens is 176 g/mol. The second-order valence-corrected chi connectivity index (χ2v) is 2.73. The monoisotopic (exact) mass is 182 g/mol. The van der Waals surface area contributed by atoms with Crippen LogP contribution >= 0.6 is 12.6 Å². The van der Waals surface area contributed by atoms with Gasteiger partial charge in [0, 0.05) is 0 Å². The van der Waals surface area contributed by atoms with Crippen molar-refractivity contribution >= 4 is 18.3 Å². The fourth-order valence-corrected chi connectivity index (χ4v) is 1.23. The Kier molecular flexibility index (Phi) is 1.70. The second-order valence-electron chi connectivity index (χ2n) is 2.27. The number of aliphatic hydroxyl groups excluding tert-OH is 1. The van der Waals surface area contributed by atoms with Crippen LogP contribution in [0.15, 0.2) is 17.3 Å². The summed E-state index contributed by atoms with van der Waals surface area (Å²) in [5.74, 6) is 0. The minimum Gasteiger partial charge on any atom is -0.390 e. The molecule has 2 heterocycles. The SMILES string of the molecule is OCc1cc(S)nc2cnnn12. The van der Waals surface area contributed by atoms with Crippen LogP contribution in [-0.2, 0) is 6.61 Å². The van der Waals surface area contributed by atoms with E-state index in [4.69, 9.17) is 5.11 Å². The lowest BCUT2D eigenvalue weighted by Gasteiger charge is -1.99. The molecule has 0 aliphatic heterocycles. The first kappa shape index (κ1) is 7.51. The molecule has 0 radical (unpaired) electrons. The number of nitrogens with zero attached hydrogens (tertiary/aromatic N) is 4. The molecule has 0 bridgehead atoms.